The van der Waals surface area contributed by atoms with E-state index in [1.54, 1.807) is 6.20 Å². The van der Waals surface area contributed by atoms with Gasteiger partial charge >= 0.3 is 0 Å². The Kier molecular flexibility index (Phi) is 3.92. The summed E-state index contributed by atoms with van der Waals surface area (Å²) in [7, 11) is 1.94. The summed E-state index contributed by atoms with van der Waals surface area (Å²) in [6.45, 7) is 2.89. The Labute approximate surface area is 118 Å². The highest BCUT2D eigenvalue weighted by Gasteiger charge is 2.25. The predicted octanol–water partition coefficient (Wildman–Crippen LogP) is 0.969. The molecule has 1 N–H and O–H groups in total. The second-order valence-corrected chi connectivity index (χ2v) is 5.22. The summed E-state index contributed by atoms with van der Waals surface area (Å²) in [6.07, 6.45) is 8.09. The Hall–Kier alpha value is -1.95. The quantitative estimate of drug-likeness (QED) is 0.879. The van der Waals surface area contributed by atoms with Gasteiger partial charge in [0.25, 0.3) is 0 Å². The monoisotopic (exact) mass is 272 g/mol. The molecule has 0 saturated carbocycles. The Bertz CT molecular complexity index is 538. The van der Waals surface area contributed by atoms with Crippen LogP contribution in [0.25, 0.3) is 0 Å². The molecule has 3 heterocycles. The van der Waals surface area contributed by atoms with Crippen LogP contribution in [0.4, 0.5) is 5.82 Å². The van der Waals surface area contributed by atoms with Crippen LogP contribution in [0.2, 0.25) is 0 Å². The second-order valence-electron chi connectivity index (χ2n) is 5.22. The smallest absolute Gasteiger partial charge is 0.151 e. The van der Waals surface area contributed by atoms with Crippen molar-refractivity contribution in [2.75, 3.05) is 18.0 Å². The van der Waals surface area contributed by atoms with E-state index >= 15 is 0 Å². The van der Waals surface area contributed by atoms with Crippen molar-refractivity contribution in [3.63, 3.8) is 0 Å². The molecule has 0 spiro atoms. The van der Waals surface area contributed by atoms with E-state index in [1.807, 2.05) is 36.3 Å². The van der Waals surface area contributed by atoms with Crippen LogP contribution in [-0.4, -0.2) is 39.1 Å². The van der Waals surface area contributed by atoms with Crippen LogP contribution < -0.4 is 10.2 Å². The zero-order chi connectivity index (χ0) is 13.8. The summed E-state index contributed by atoms with van der Waals surface area (Å²) in [5.74, 6) is 0.984. The van der Waals surface area contributed by atoms with Crippen molar-refractivity contribution in [2.24, 2.45) is 7.05 Å². The van der Waals surface area contributed by atoms with E-state index in [1.165, 1.54) is 18.4 Å². The number of hydrogen-bond donors (Lipinski definition) is 1. The maximum atomic E-state index is 4.22. The van der Waals surface area contributed by atoms with E-state index in [-0.39, 0.29) is 0 Å². The van der Waals surface area contributed by atoms with Crippen LogP contribution in [0.15, 0.2) is 30.7 Å². The molecule has 6 heteroatoms. The Morgan fingerprint density at radius 1 is 1.45 bits per heavy atom. The van der Waals surface area contributed by atoms with Gasteiger partial charge in [-0.1, -0.05) is 0 Å². The summed E-state index contributed by atoms with van der Waals surface area (Å²) >= 11 is 0. The summed E-state index contributed by atoms with van der Waals surface area (Å²) in [5, 5.41) is 15.9. The molecule has 1 aliphatic heterocycles. The van der Waals surface area contributed by atoms with E-state index in [0.29, 0.717) is 6.04 Å². The van der Waals surface area contributed by atoms with Gasteiger partial charge in [-0.3, -0.25) is 4.68 Å². The third-order valence-corrected chi connectivity index (χ3v) is 3.70. The number of nitrogens with zero attached hydrogens (tertiary/aromatic N) is 5. The topological polar surface area (TPSA) is 58.9 Å². The van der Waals surface area contributed by atoms with Gasteiger partial charge in [0.2, 0.25) is 0 Å². The highest BCUT2D eigenvalue weighted by molar-refractivity contribution is 5.39. The van der Waals surface area contributed by atoms with Crippen molar-refractivity contribution in [1.82, 2.24) is 25.3 Å². The van der Waals surface area contributed by atoms with Gasteiger partial charge in [0.15, 0.2) is 5.82 Å². The first-order chi connectivity index (χ1) is 9.83. The molecule has 1 saturated heterocycles. The van der Waals surface area contributed by atoms with Crippen molar-refractivity contribution in [2.45, 2.75) is 25.4 Å². The molecule has 0 bridgehead atoms. The zero-order valence-electron chi connectivity index (χ0n) is 11.7. The van der Waals surface area contributed by atoms with Gasteiger partial charge in [0, 0.05) is 50.7 Å². The maximum Gasteiger partial charge on any atom is 0.151 e. The molecule has 1 fully saturated rings. The molecule has 2 aromatic heterocycles. The average molecular weight is 272 g/mol. The molecule has 0 amide bonds. The van der Waals surface area contributed by atoms with Crippen LogP contribution in [0, 0.1) is 0 Å². The van der Waals surface area contributed by atoms with Crippen molar-refractivity contribution < 1.29 is 0 Å². The molecule has 0 radical (unpaired) electrons. The molecule has 0 aliphatic carbocycles. The largest absolute Gasteiger partial charge is 0.351 e. The normalized spacial score (nSPS) is 18.6. The fraction of sp³-hybridized carbons (Fsp3) is 0.500. The minimum atomic E-state index is 0.503. The molecule has 2 aromatic rings. The SMILES string of the molecule is Cn1cc(CNCC2CCCN2c2cccnn2)cn1. The van der Waals surface area contributed by atoms with E-state index in [2.05, 4.69) is 25.5 Å². The van der Waals surface area contributed by atoms with E-state index < -0.39 is 0 Å². The van der Waals surface area contributed by atoms with E-state index in [4.69, 9.17) is 0 Å². The predicted molar refractivity (Wildman–Crippen MR) is 77.3 cm³/mol. The molecule has 20 heavy (non-hydrogen) atoms. The van der Waals surface area contributed by atoms with Crippen molar-refractivity contribution in [1.29, 1.82) is 0 Å². The first kappa shape index (κ1) is 13.1. The molecule has 1 atom stereocenters. The van der Waals surface area contributed by atoms with Gasteiger partial charge < -0.3 is 10.2 Å². The van der Waals surface area contributed by atoms with Crippen molar-refractivity contribution >= 4 is 5.82 Å². The minimum Gasteiger partial charge on any atom is -0.351 e. The number of aromatic nitrogens is 4. The summed E-state index contributed by atoms with van der Waals surface area (Å²) < 4.78 is 1.83. The first-order valence-electron chi connectivity index (χ1n) is 7.05. The highest BCUT2D eigenvalue weighted by Crippen LogP contribution is 2.22. The number of rotatable bonds is 5. The second kappa shape index (κ2) is 6.00. The molecular weight excluding hydrogens is 252 g/mol. The van der Waals surface area contributed by atoms with Crippen LogP contribution in [0.3, 0.4) is 0 Å². The maximum absolute atomic E-state index is 4.22. The van der Waals surface area contributed by atoms with E-state index in [9.17, 15) is 0 Å². The number of aryl methyl sites for hydroxylation is 1. The Morgan fingerprint density at radius 3 is 3.15 bits per heavy atom. The van der Waals surface area contributed by atoms with Crippen LogP contribution in [0.5, 0.6) is 0 Å². The van der Waals surface area contributed by atoms with Crippen LogP contribution in [-0.2, 0) is 13.6 Å². The number of hydrogen-bond acceptors (Lipinski definition) is 5. The Morgan fingerprint density at radius 2 is 2.40 bits per heavy atom. The lowest BCUT2D eigenvalue weighted by Crippen LogP contribution is -2.38. The first-order valence-corrected chi connectivity index (χ1v) is 7.05. The van der Waals surface area contributed by atoms with Crippen LogP contribution >= 0.6 is 0 Å². The van der Waals surface area contributed by atoms with Crippen molar-refractivity contribution in [3.8, 4) is 0 Å². The van der Waals surface area contributed by atoms with Crippen LogP contribution in [0.1, 0.15) is 18.4 Å². The minimum absolute atomic E-state index is 0.503. The van der Waals surface area contributed by atoms with Gasteiger partial charge in [-0.25, -0.2) is 0 Å². The third kappa shape index (κ3) is 2.96. The highest BCUT2D eigenvalue weighted by atomic mass is 15.3. The fourth-order valence-electron chi connectivity index (χ4n) is 2.74. The van der Waals surface area contributed by atoms with E-state index in [0.717, 1.165) is 25.5 Å². The zero-order valence-corrected chi connectivity index (χ0v) is 11.7. The molecule has 6 nitrogen and oxygen atoms in total. The molecule has 106 valence electrons. The standard InChI is InChI=1S/C14H20N6/c1-19-11-12(9-17-19)8-15-10-13-4-3-7-20(13)14-5-2-6-16-18-14/h2,5-6,9,11,13,15H,3-4,7-8,10H2,1H3. The number of nitrogens with one attached hydrogen (secondary N) is 1. The summed E-state index contributed by atoms with van der Waals surface area (Å²) in [6, 6.07) is 4.48. The molecule has 1 aliphatic rings. The fourth-order valence-corrected chi connectivity index (χ4v) is 2.74. The molecule has 1 unspecified atom stereocenters. The lowest BCUT2D eigenvalue weighted by molar-refractivity contribution is 0.569. The van der Waals surface area contributed by atoms with Crippen molar-refractivity contribution in [3.05, 3.63) is 36.3 Å². The molecule has 0 aromatic carbocycles. The summed E-state index contributed by atoms with van der Waals surface area (Å²) in [4.78, 5) is 2.35. The molecular formula is C14H20N6. The average Bonchev–Trinajstić information content (AvgIpc) is 3.09. The summed E-state index contributed by atoms with van der Waals surface area (Å²) in [5.41, 5.74) is 1.22. The third-order valence-electron chi connectivity index (χ3n) is 3.70. The van der Waals surface area contributed by atoms with Gasteiger partial charge in [-0.15, -0.1) is 5.10 Å². The molecule has 3 rings (SSSR count). The van der Waals surface area contributed by atoms with Gasteiger partial charge in [0.1, 0.15) is 0 Å². The Balaban J connectivity index is 1.54. The van der Waals surface area contributed by atoms with Gasteiger partial charge in [0.05, 0.1) is 6.20 Å². The lowest BCUT2D eigenvalue weighted by Gasteiger charge is -2.25. The van der Waals surface area contributed by atoms with Gasteiger partial charge in [-0.05, 0) is 25.0 Å². The lowest BCUT2D eigenvalue weighted by atomic mass is 10.2. The number of anilines is 1. The van der Waals surface area contributed by atoms with Gasteiger partial charge in [-0.2, -0.15) is 10.2 Å².